The molecule has 1 saturated heterocycles. The number of carboxylic acid groups (broad SMARTS) is 1. The van der Waals surface area contributed by atoms with E-state index in [1.807, 2.05) is 13.8 Å². The molecule has 0 saturated carbocycles. The van der Waals surface area contributed by atoms with Gasteiger partial charge in [-0.1, -0.05) is 19.9 Å². The fraction of sp³-hybridized carbons (Fsp3) is 0.500. The largest absolute Gasteiger partial charge is 0.493 e. The lowest BCUT2D eigenvalue weighted by Gasteiger charge is -2.23. The summed E-state index contributed by atoms with van der Waals surface area (Å²) in [6, 6.07) is 6.72. The van der Waals surface area contributed by atoms with E-state index < -0.39 is 17.4 Å². The first-order chi connectivity index (χ1) is 10.4. The standard InChI is InChI=1S/C16H21NO5/c1-11(2)9-22-13-5-3-4-12(8-13)14(18)17-16(15(19)20)6-7-21-10-16/h3-5,8,11H,6-7,9-10H2,1-2H3,(H,17,18)(H,19,20). The average Bonchev–Trinajstić information content (AvgIpc) is 2.95. The fourth-order valence-corrected chi connectivity index (χ4v) is 2.17. The summed E-state index contributed by atoms with van der Waals surface area (Å²) in [6.45, 7) is 4.93. The summed E-state index contributed by atoms with van der Waals surface area (Å²) in [5, 5.41) is 11.9. The number of rotatable bonds is 6. The SMILES string of the molecule is CC(C)COc1cccc(C(=O)NC2(C(=O)O)CCOC2)c1. The van der Waals surface area contributed by atoms with E-state index in [1.54, 1.807) is 24.3 Å². The van der Waals surface area contributed by atoms with Gasteiger partial charge in [-0.2, -0.15) is 0 Å². The number of aliphatic carboxylic acids is 1. The van der Waals surface area contributed by atoms with Crippen LogP contribution in [0.5, 0.6) is 5.75 Å². The van der Waals surface area contributed by atoms with Crippen molar-refractivity contribution in [3.05, 3.63) is 29.8 Å². The molecule has 1 unspecified atom stereocenters. The molecule has 1 atom stereocenters. The maximum absolute atomic E-state index is 12.3. The van der Waals surface area contributed by atoms with Crippen LogP contribution in [-0.2, 0) is 9.53 Å². The Bertz CT molecular complexity index is 549. The van der Waals surface area contributed by atoms with Gasteiger partial charge >= 0.3 is 5.97 Å². The lowest BCUT2D eigenvalue weighted by molar-refractivity contribution is -0.144. The highest BCUT2D eigenvalue weighted by Crippen LogP contribution is 2.21. The van der Waals surface area contributed by atoms with Crippen LogP contribution in [-0.4, -0.2) is 42.3 Å². The van der Waals surface area contributed by atoms with Gasteiger partial charge in [0.25, 0.3) is 5.91 Å². The predicted octanol–water partition coefficient (Wildman–Crippen LogP) is 1.69. The highest BCUT2D eigenvalue weighted by molar-refractivity contribution is 5.98. The molecule has 1 aromatic rings. The van der Waals surface area contributed by atoms with Gasteiger partial charge in [0.05, 0.1) is 13.2 Å². The zero-order valence-electron chi connectivity index (χ0n) is 12.8. The molecule has 1 fully saturated rings. The van der Waals surface area contributed by atoms with Crippen molar-refractivity contribution < 1.29 is 24.2 Å². The van der Waals surface area contributed by atoms with E-state index in [1.165, 1.54) is 0 Å². The molecule has 2 N–H and O–H groups in total. The second-order valence-corrected chi connectivity index (χ2v) is 5.88. The second-order valence-electron chi connectivity index (χ2n) is 5.88. The molecule has 6 nitrogen and oxygen atoms in total. The molecule has 1 amide bonds. The third-order valence-electron chi connectivity index (χ3n) is 3.46. The van der Waals surface area contributed by atoms with Crippen LogP contribution in [0.25, 0.3) is 0 Å². The maximum Gasteiger partial charge on any atom is 0.331 e. The van der Waals surface area contributed by atoms with E-state index in [2.05, 4.69) is 5.32 Å². The normalized spacial score (nSPS) is 20.9. The number of carboxylic acids is 1. The predicted molar refractivity (Wildman–Crippen MR) is 80.0 cm³/mol. The summed E-state index contributed by atoms with van der Waals surface area (Å²) in [6.07, 6.45) is 0.262. The Morgan fingerprint density at radius 1 is 1.45 bits per heavy atom. The summed E-state index contributed by atoms with van der Waals surface area (Å²) in [7, 11) is 0. The lowest BCUT2D eigenvalue weighted by Crippen LogP contribution is -2.55. The highest BCUT2D eigenvalue weighted by atomic mass is 16.5. The summed E-state index contributed by atoms with van der Waals surface area (Å²) >= 11 is 0. The van der Waals surface area contributed by atoms with Crippen LogP contribution >= 0.6 is 0 Å². The van der Waals surface area contributed by atoms with Crippen LogP contribution in [0.2, 0.25) is 0 Å². The molecule has 0 aliphatic carbocycles. The van der Waals surface area contributed by atoms with Crippen LogP contribution in [0.4, 0.5) is 0 Å². The van der Waals surface area contributed by atoms with Crippen molar-refractivity contribution >= 4 is 11.9 Å². The number of hydrogen-bond acceptors (Lipinski definition) is 4. The van der Waals surface area contributed by atoms with Crippen molar-refractivity contribution in [2.45, 2.75) is 25.8 Å². The van der Waals surface area contributed by atoms with Gasteiger partial charge in [0.15, 0.2) is 5.54 Å². The van der Waals surface area contributed by atoms with E-state index in [0.29, 0.717) is 30.4 Å². The molecule has 0 spiro atoms. The van der Waals surface area contributed by atoms with Crippen LogP contribution in [0.1, 0.15) is 30.6 Å². The minimum Gasteiger partial charge on any atom is -0.493 e. The maximum atomic E-state index is 12.3. The van der Waals surface area contributed by atoms with Gasteiger partial charge in [-0.15, -0.1) is 0 Å². The molecule has 1 aliphatic heterocycles. The summed E-state index contributed by atoms with van der Waals surface area (Å²) < 4.78 is 10.7. The third-order valence-corrected chi connectivity index (χ3v) is 3.46. The van der Waals surface area contributed by atoms with E-state index in [0.717, 1.165) is 0 Å². The molecular weight excluding hydrogens is 286 g/mol. The molecule has 0 radical (unpaired) electrons. The number of benzene rings is 1. The fourth-order valence-electron chi connectivity index (χ4n) is 2.17. The Morgan fingerprint density at radius 3 is 2.82 bits per heavy atom. The Hall–Kier alpha value is -2.08. The molecule has 22 heavy (non-hydrogen) atoms. The number of hydrogen-bond donors (Lipinski definition) is 2. The summed E-state index contributed by atoms with van der Waals surface area (Å²) in [5.41, 5.74) is -0.972. The second kappa shape index (κ2) is 6.79. The van der Waals surface area contributed by atoms with Crippen LogP contribution in [0.15, 0.2) is 24.3 Å². The van der Waals surface area contributed by atoms with Crippen molar-refractivity contribution in [1.29, 1.82) is 0 Å². The van der Waals surface area contributed by atoms with Gasteiger partial charge in [0.2, 0.25) is 0 Å². The van der Waals surface area contributed by atoms with E-state index in [-0.39, 0.29) is 13.0 Å². The molecule has 120 valence electrons. The van der Waals surface area contributed by atoms with Crippen LogP contribution in [0.3, 0.4) is 0 Å². The van der Waals surface area contributed by atoms with E-state index in [4.69, 9.17) is 9.47 Å². The quantitative estimate of drug-likeness (QED) is 0.835. The minimum atomic E-state index is -1.34. The Morgan fingerprint density at radius 2 is 2.23 bits per heavy atom. The summed E-state index contributed by atoms with van der Waals surface area (Å²) in [4.78, 5) is 23.7. The van der Waals surface area contributed by atoms with E-state index >= 15 is 0 Å². The molecule has 1 aromatic carbocycles. The molecule has 1 heterocycles. The zero-order chi connectivity index (χ0) is 16.2. The van der Waals surface area contributed by atoms with Gasteiger partial charge in [0, 0.05) is 18.6 Å². The van der Waals surface area contributed by atoms with Crippen molar-refractivity contribution in [3.63, 3.8) is 0 Å². The number of nitrogens with one attached hydrogen (secondary N) is 1. The monoisotopic (exact) mass is 307 g/mol. The molecular formula is C16H21NO5. The van der Waals surface area contributed by atoms with Crippen LogP contribution < -0.4 is 10.1 Å². The van der Waals surface area contributed by atoms with Gasteiger partial charge in [-0.25, -0.2) is 4.79 Å². The van der Waals surface area contributed by atoms with Gasteiger partial charge in [-0.05, 0) is 24.1 Å². The average molecular weight is 307 g/mol. The van der Waals surface area contributed by atoms with Crippen molar-refractivity contribution in [2.24, 2.45) is 5.92 Å². The molecule has 0 aromatic heterocycles. The van der Waals surface area contributed by atoms with Crippen LogP contribution in [0, 0.1) is 5.92 Å². The first kappa shape index (κ1) is 16.3. The molecule has 0 bridgehead atoms. The highest BCUT2D eigenvalue weighted by Gasteiger charge is 2.44. The van der Waals surface area contributed by atoms with Crippen molar-refractivity contribution in [3.8, 4) is 5.75 Å². The number of ether oxygens (including phenoxy) is 2. The third kappa shape index (κ3) is 3.76. The number of carbonyl (C=O) groups excluding carboxylic acids is 1. The van der Waals surface area contributed by atoms with Crippen molar-refractivity contribution in [2.75, 3.05) is 19.8 Å². The van der Waals surface area contributed by atoms with Gasteiger partial charge in [0.1, 0.15) is 5.75 Å². The lowest BCUT2D eigenvalue weighted by atomic mass is 9.98. The number of amides is 1. The molecule has 2 rings (SSSR count). The first-order valence-electron chi connectivity index (χ1n) is 7.29. The Balaban J connectivity index is 2.09. The van der Waals surface area contributed by atoms with Crippen molar-refractivity contribution in [1.82, 2.24) is 5.32 Å². The first-order valence-corrected chi connectivity index (χ1v) is 7.29. The minimum absolute atomic E-state index is 0.0163. The Labute approximate surface area is 129 Å². The van der Waals surface area contributed by atoms with E-state index in [9.17, 15) is 14.7 Å². The summed E-state index contributed by atoms with van der Waals surface area (Å²) in [5.74, 6) is -0.551. The number of carbonyl (C=O) groups is 2. The van der Waals surface area contributed by atoms with Gasteiger partial charge in [-0.3, -0.25) is 4.79 Å². The zero-order valence-corrected chi connectivity index (χ0v) is 12.8. The van der Waals surface area contributed by atoms with Gasteiger partial charge < -0.3 is 19.9 Å². The topological polar surface area (TPSA) is 84.9 Å². The molecule has 1 aliphatic rings. The molecule has 6 heteroatoms. The smallest absolute Gasteiger partial charge is 0.331 e. The Kier molecular flexibility index (Phi) is 5.03.